The summed E-state index contributed by atoms with van der Waals surface area (Å²) < 4.78 is 6.77. The number of methoxy groups -OCH3 is 1. The Morgan fingerprint density at radius 3 is 2.75 bits per heavy atom. The van der Waals surface area contributed by atoms with Gasteiger partial charge in [-0.3, -0.25) is 14.5 Å². The van der Waals surface area contributed by atoms with Crippen molar-refractivity contribution in [1.29, 1.82) is 0 Å². The maximum absolute atomic E-state index is 12.7. The molecule has 1 fully saturated rings. The molecule has 6 nitrogen and oxygen atoms in total. The van der Waals surface area contributed by atoms with Crippen LogP contribution in [0.2, 0.25) is 0 Å². The average molecular weight is 484 g/mol. The van der Waals surface area contributed by atoms with Crippen molar-refractivity contribution >= 4 is 67.7 Å². The molecule has 0 bridgehead atoms. The standard InChI is InChI=1S/C23H21N3O3S3/c1-29-16-8-6-15(7-9-16)14-19-22(28)26(23(30)32-19)13-11-20(27)24-12-10-21-25-17-4-2-3-5-18(17)31-21/h2-9,14H,10-13H2,1H3,(H,24,27)/b19-14-. The number of amides is 2. The van der Waals surface area contributed by atoms with Crippen molar-refractivity contribution in [2.75, 3.05) is 20.2 Å². The first-order valence-electron chi connectivity index (χ1n) is 10.0. The maximum Gasteiger partial charge on any atom is 0.266 e. The number of rotatable bonds is 8. The number of fused-ring (bicyclic) bond motifs is 1. The molecule has 32 heavy (non-hydrogen) atoms. The molecule has 0 saturated carbocycles. The van der Waals surface area contributed by atoms with E-state index in [-0.39, 0.29) is 24.8 Å². The van der Waals surface area contributed by atoms with E-state index < -0.39 is 0 Å². The zero-order chi connectivity index (χ0) is 22.5. The fourth-order valence-corrected chi connectivity index (χ4v) is 5.46. The van der Waals surface area contributed by atoms with Gasteiger partial charge in [-0.15, -0.1) is 11.3 Å². The molecule has 0 unspecified atom stereocenters. The number of ether oxygens (including phenoxy) is 1. The Morgan fingerprint density at radius 1 is 1.22 bits per heavy atom. The van der Waals surface area contributed by atoms with E-state index in [2.05, 4.69) is 10.3 Å². The summed E-state index contributed by atoms with van der Waals surface area (Å²) in [6, 6.07) is 15.4. The monoisotopic (exact) mass is 483 g/mol. The van der Waals surface area contributed by atoms with E-state index in [1.807, 2.05) is 48.5 Å². The van der Waals surface area contributed by atoms with Crippen LogP contribution in [0.5, 0.6) is 5.75 Å². The molecule has 164 valence electrons. The molecule has 0 atom stereocenters. The van der Waals surface area contributed by atoms with Crippen molar-refractivity contribution in [2.24, 2.45) is 0 Å². The van der Waals surface area contributed by atoms with E-state index in [4.69, 9.17) is 17.0 Å². The van der Waals surface area contributed by atoms with Crippen LogP contribution in [-0.2, 0) is 16.0 Å². The van der Waals surface area contributed by atoms with Crippen LogP contribution in [0, 0.1) is 0 Å². The van der Waals surface area contributed by atoms with Gasteiger partial charge in [0.15, 0.2) is 0 Å². The summed E-state index contributed by atoms with van der Waals surface area (Å²) in [5, 5.41) is 3.90. The molecule has 1 N–H and O–H groups in total. The number of thiocarbonyl (C=S) groups is 1. The number of thiazole rings is 1. The lowest BCUT2D eigenvalue weighted by molar-refractivity contribution is -0.123. The Labute approximate surface area is 199 Å². The van der Waals surface area contributed by atoms with Crippen LogP contribution in [0.1, 0.15) is 17.0 Å². The van der Waals surface area contributed by atoms with Gasteiger partial charge in [0.1, 0.15) is 10.1 Å². The molecule has 1 aromatic heterocycles. The number of benzene rings is 2. The molecule has 2 heterocycles. The molecular weight excluding hydrogens is 462 g/mol. The molecule has 2 amide bonds. The highest BCUT2D eigenvalue weighted by molar-refractivity contribution is 8.26. The fourth-order valence-electron chi connectivity index (χ4n) is 3.18. The van der Waals surface area contributed by atoms with Gasteiger partial charge in [0.2, 0.25) is 5.91 Å². The van der Waals surface area contributed by atoms with E-state index >= 15 is 0 Å². The van der Waals surface area contributed by atoms with Crippen LogP contribution >= 0.6 is 35.3 Å². The van der Waals surface area contributed by atoms with Gasteiger partial charge in [0, 0.05) is 25.9 Å². The number of nitrogens with one attached hydrogen (secondary N) is 1. The molecular formula is C23H21N3O3S3. The van der Waals surface area contributed by atoms with Crippen molar-refractivity contribution in [3.05, 3.63) is 64.0 Å². The number of carbonyl (C=O) groups is 2. The Kier molecular flexibility index (Phi) is 7.19. The van der Waals surface area contributed by atoms with Crippen molar-refractivity contribution < 1.29 is 14.3 Å². The third kappa shape index (κ3) is 5.35. The Hall–Kier alpha value is -2.75. The highest BCUT2D eigenvalue weighted by atomic mass is 32.2. The molecule has 0 spiro atoms. The number of thioether (sulfide) groups is 1. The van der Waals surface area contributed by atoms with E-state index in [9.17, 15) is 9.59 Å². The van der Waals surface area contributed by atoms with Gasteiger partial charge < -0.3 is 10.1 Å². The SMILES string of the molecule is COc1ccc(/C=C2\SC(=S)N(CCC(=O)NCCc3nc4ccccc4s3)C2=O)cc1. The topological polar surface area (TPSA) is 71.5 Å². The van der Waals surface area contributed by atoms with E-state index in [0.29, 0.717) is 22.2 Å². The van der Waals surface area contributed by atoms with E-state index in [1.165, 1.54) is 16.7 Å². The molecule has 2 aromatic carbocycles. The average Bonchev–Trinajstić information content (AvgIpc) is 3.33. The van der Waals surface area contributed by atoms with E-state index in [1.54, 1.807) is 24.5 Å². The summed E-state index contributed by atoms with van der Waals surface area (Å²) in [5.74, 6) is 0.473. The molecule has 1 aliphatic rings. The first-order chi connectivity index (χ1) is 15.5. The largest absolute Gasteiger partial charge is 0.497 e. The van der Waals surface area contributed by atoms with Crippen LogP contribution in [0.15, 0.2) is 53.4 Å². The van der Waals surface area contributed by atoms with Gasteiger partial charge in [-0.2, -0.15) is 0 Å². The third-order valence-corrected chi connectivity index (χ3v) is 7.32. The number of hydrogen-bond donors (Lipinski definition) is 1. The van der Waals surface area contributed by atoms with Crippen molar-refractivity contribution in [3.63, 3.8) is 0 Å². The fraction of sp³-hybridized carbons (Fsp3) is 0.217. The van der Waals surface area contributed by atoms with Crippen LogP contribution < -0.4 is 10.1 Å². The van der Waals surface area contributed by atoms with Gasteiger partial charge in [-0.25, -0.2) is 4.98 Å². The minimum atomic E-state index is -0.168. The van der Waals surface area contributed by atoms with Crippen molar-refractivity contribution in [1.82, 2.24) is 15.2 Å². The van der Waals surface area contributed by atoms with Crippen LogP contribution in [0.25, 0.3) is 16.3 Å². The molecule has 0 aliphatic carbocycles. The zero-order valence-electron chi connectivity index (χ0n) is 17.4. The second-order valence-electron chi connectivity index (χ2n) is 7.03. The second-order valence-corrected chi connectivity index (χ2v) is 9.82. The number of hydrogen-bond acceptors (Lipinski definition) is 7. The Bertz CT molecular complexity index is 1150. The van der Waals surface area contributed by atoms with Crippen molar-refractivity contribution in [2.45, 2.75) is 12.8 Å². The third-order valence-electron chi connectivity index (χ3n) is 4.85. The van der Waals surface area contributed by atoms with Crippen LogP contribution in [0.4, 0.5) is 0 Å². The summed E-state index contributed by atoms with van der Waals surface area (Å²) in [6.45, 7) is 0.770. The van der Waals surface area contributed by atoms with Gasteiger partial charge in [0.25, 0.3) is 5.91 Å². The molecule has 3 aromatic rings. The Morgan fingerprint density at radius 2 is 2.00 bits per heavy atom. The zero-order valence-corrected chi connectivity index (χ0v) is 19.8. The van der Waals surface area contributed by atoms with Crippen molar-refractivity contribution in [3.8, 4) is 5.75 Å². The maximum atomic E-state index is 12.7. The number of para-hydroxylation sites is 1. The normalized spacial score (nSPS) is 15.0. The first-order valence-corrected chi connectivity index (χ1v) is 12.1. The minimum absolute atomic E-state index is 0.112. The smallest absolute Gasteiger partial charge is 0.266 e. The second kappa shape index (κ2) is 10.2. The van der Waals surface area contributed by atoms with Gasteiger partial charge in [-0.05, 0) is 35.9 Å². The van der Waals surface area contributed by atoms with Gasteiger partial charge in [0.05, 0.1) is 27.2 Å². The van der Waals surface area contributed by atoms with Crippen LogP contribution in [0.3, 0.4) is 0 Å². The summed E-state index contributed by atoms with van der Waals surface area (Å²) in [4.78, 5) is 31.6. The summed E-state index contributed by atoms with van der Waals surface area (Å²) in [5.41, 5.74) is 1.87. The lowest BCUT2D eigenvalue weighted by Gasteiger charge is -2.14. The van der Waals surface area contributed by atoms with Gasteiger partial charge in [-0.1, -0.05) is 48.2 Å². The first kappa shape index (κ1) is 22.4. The molecule has 4 rings (SSSR count). The minimum Gasteiger partial charge on any atom is -0.497 e. The Balaban J connectivity index is 1.26. The number of nitrogens with zero attached hydrogens (tertiary/aromatic N) is 2. The highest BCUT2D eigenvalue weighted by Gasteiger charge is 2.32. The van der Waals surface area contributed by atoms with Crippen LogP contribution in [-0.4, -0.2) is 46.2 Å². The highest BCUT2D eigenvalue weighted by Crippen LogP contribution is 2.32. The summed E-state index contributed by atoms with van der Waals surface area (Å²) in [7, 11) is 1.61. The summed E-state index contributed by atoms with van der Waals surface area (Å²) >= 11 is 8.25. The number of aromatic nitrogens is 1. The quantitative estimate of drug-likeness (QED) is 0.381. The van der Waals surface area contributed by atoms with Gasteiger partial charge >= 0.3 is 0 Å². The predicted octanol–water partition coefficient (Wildman–Crippen LogP) is 4.26. The lowest BCUT2D eigenvalue weighted by Crippen LogP contribution is -2.34. The van der Waals surface area contributed by atoms with E-state index in [0.717, 1.165) is 26.5 Å². The summed E-state index contributed by atoms with van der Waals surface area (Å²) in [6.07, 6.45) is 2.68. The number of carbonyl (C=O) groups excluding carboxylic acids is 2. The molecule has 9 heteroatoms. The molecule has 1 saturated heterocycles. The molecule has 0 radical (unpaired) electrons. The lowest BCUT2D eigenvalue weighted by atomic mass is 10.2. The predicted molar refractivity (Wildman–Crippen MR) is 134 cm³/mol. The molecule has 1 aliphatic heterocycles.